The molecule has 2 heterocycles. The molecule has 8 heteroatoms. The molecule has 0 unspecified atom stereocenters. The first-order valence-corrected chi connectivity index (χ1v) is 8.85. The number of carbonyl (C=O) groups is 3. The zero-order valence-electron chi connectivity index (χ0n) is 15.5. The molecule has 0 fully saturated rings. The molecule has 0 spiro atoms. The van der Waals surface area contributed by atoms with E-state index >= 15 is 0 Å². The van der Waals surface area contributed by atoms with Crippen LogP contribution in [0.5, 0.6) is 5.75 Å². The molecule has 1 aliphatic heterocycles. The number of rotatable bonds is 4. The number of pyridine rings is 1. The summed E-state index contributed by atoms with van der Waals surface area (Å²) in [7, 11) is 0. The number of phenolic OH excluding ortho intramolecular Hbond substituents is 1. The lowest BCUT2D eigenvalue weighted by Crippen LogP contribution is -2.39. The lowest BCUT2D eigenvalue weighted by molar-refractivity contribution is -0.114. The smallest absolute Gasteiger partial charge is 0.261 e. The molecule has 30 heavy (non-hydrogen) atoms. The van der Waals surface area contributed by atoms with E-state index < -0.39 is 17.7 Å². The monoisotopic (exact) mass is 398 g/mol. The van der Waals surface area contributed by atoms with Crippen LogP contribution in [0, 0.1) is 6.57 Å². The van der Waals surface area contributed by atoms with Gasteiger partial charge in [-0.3, -0.25) is 24.3 Å². The highest BCUT2D eigenvalue weighted by Crippen LogP contribution is 2.34. The molecular weight excluding hydrogens is 384 g/mol. The van der Waals surface area contributed by atoms with Crippen LogP contribution in [0.3, 0.4) is 0 Å². The molecule has 3 aromatic rings. The minimum atomic E-state index is -0.813. The molecule has 1 aromatic heterocycles. The van der Waals surface area contributed by atoms with Crippen LogP contribution in [-0.4, -0.2) is 32.7 Å². The largest absolute Gasteiger partial charge is 0.506 e. The number of imide groups is 1. The zero-order chi connectivity index (χ0) is 21.4. The van der Waals surface area contributed by atoms with Crippen molar-refractivity contribution in [2.45, 2.75) is 6.54 Å². The van der Waals surface area contributed by atoms with Crippen molar-refractivity contribution in [1.82, 2.24) is 9.88 Å². The average Bonchev–Trinajstić information content (AvgIpc) is 2.75. The van der Waals surface area contributed by atoms with E-state index in [4.69, 9.17) is 12.3 Å². The van der Waals surface area contributed by atoms with Gasteiger partial charge in [-0.25, -0.2) is 4.85 Å². The van der Waals surface area contributed by atoms with Crippen LogP contribution in [0.2, 0.25) is 0 Å². The number of primary amides is 1. The van der Waals surface area contributed by atoms with Crippen molar-refractivity contribution in [3.63, 3.8) is 0 Å². The quantitative estimate of drug-likeness (QED) is 0.398. The maximum absolute atomic E-state index is 13.0. The van der Waals surface area contributed by atoms with Crippen molar-refractivity contribution in [1.29, 1.82) is 0 Å². The van der Waals surface area contributed by atoms with Crippen LogP contribution in [0.25, 0.3) is 21.8 Å². The third-order valence-electron chi connectivity index (χ3n) is 4.82. The standard InChI is InChI=1S/C22H14N4O4/c1-24-16(20(23)28)10-12-2-4-13(5-3-12)11-26-21(29)14-6-7-17(27)19-18(14)15(22(26)30)8-9-25-19/h2-10,27H,11H2,(H2,23,28)/b16-10+. The second-order valence-corrected chi connectivity index (χ2v) is 6.66. The van der Waals surface area contributed by atoms with Crippen LogP contribution in [0.1, 0.15) is 31.8 Å². The first kappa shape index (κ1) is 18.8. The average molecular weight is 398 g/mol. The number of aromatic nitrogens is 1. The Morgan fingerprint density at radius 3 is 2.40 bits per heavy atom. The van der Waals surface area contributed by atoms with Crippen LogP contribution in [0.4, 0.5) is 0 Å². The molecule has 0 saturated heterocycles. The van der Waals surface area contributed by atoms with E-state index in [0.29, 0.717) is 27.6 Å². The normalized spacial score (nSPS) is 13.4. The number of nitrogens with zero attached hydrogens (tertiary/aromatic N) is 3. The van der Waals surface area contributed by atoms with Gasteiger partial charge in [0, 0.05) is 11.6 Å². The Hall–Kier alpha value is -4.51. The SMILES string of the molecule is [C-]#[N+]/C(=C/c1ccc(CN2C(=O)c3ccnc4c(O)ccc(c34)C2=O)cc1)C(N)=O. The second-order valence-electron chi connectivity index (χ2n) is 6.66. The van der Waals surface area contributed by atoms with Gasteiger partial charge in [0.05, 0.1) is 24.2 Å². The van der Waals surface area contributed by atoms with E-state index in [1.54, 1.807) is 24.3 Å². The molecular formula is C22H14N4O4. The lowest BCUT2D eigenvalue weighted by atomic mass is 9.96. The van der Waals surface area contributed by atoms with Gasteiger partial charge in [0.25, 0.3) is 11.8 Å². The number of phenols is 1. The summed E-state index contributed by atoms with van der Waals surface area (Å²) < 4.78 is 0. The van der Waals surface area contributed by atoms with Crippen molar-refractivity contribution < 1.29 is 19.5 Å². The minimum absolute atomic E-state index is 0.0390. The van der Waals surface area contributed by atoms with Gasteiger partial charge in [0.15, 0.2) is 0 Å². The molecule has 1 aliphatic rings. The topological polar surface area (TPSA) is 118 Å². The molecule has 0 radical (unpaired) electrons. The van der Waals surface area contributed by atoms with E-state index in [1.165, 1.54) is 30.5 Å². The molecule has 4 rings (SSSR count). The summed E-state index contributed by atoms with van der Waals surface area (Å²) in [5, 5.41) is 10.4. The third-order valence-corrected chi connectivity index (χ3v) is 4.82. The Labute approximate surface area is 170 Å². The highest BCUT2D eigenvalue weighted by Gasteiger charge is 2.33. The molecule has 2 aromatic carbocycles. The molecule has 3 N–H and O–H groups in total. The van der Waals surface area contributed by atoms with Crippen molar-refractivity contribution in [3.05, 3.63) is 88.0 Å². The number of carbonyl (C=O) groups excluding carboxylic acids is 3. The van der Waals surface area contributed by atoms with Gasteiger partial charge < -0.3 is 10.8 Å². The summed E-state index contributed by atoms with van der Waals surface area (Å²) in [5.74, 6) is -1.85. The maximum Gasteiger partial charge on any atom is 0.261 e. The Kier molecular flexibility index (Phi) is 4.49. The highest BCUT2D eigenvalue weighted by molar-refractivity contribution is 6.25. The van der Waals surface area contributed by atoms with Gasteiger partial charge >= 0.3 is 0 Å². The fraction of sp³-hybridized carbons (Fsp3) is 0.0455. The molecule has 146 valence electrons. The first-order chi connectivity index (χ1) is 14.4. The maximum atomic E-state index is 13.0. The molecule has 8 nitrogen and oxygen atoms in total. The third kappa shape index (κ3) is 3.04. The zero-order valence-corrected chi connectivity index (χ0v) is 15.5. The van der Waals surface area contributed by atoms with E-state index in [1.807, 2.05) is 0 Å². The summed E-state index contributed by atoms with van der Waals surface area (Å²) in [6, 6.07) is 11.1. The van der Waals surface area contributed by atoms with Gasteiger partial charge in [0.1, 0.15) is 11.3 Å². The molecule has 0 bridgehead atoms. The Balaban J connectivity index is 1.66. The van der Waals surface area contributed by atoms with Crippen molar-refractivity contribution >= 4 is 34.7 Å². The number of amides is 3. The summed E-state index contributed by atoms with van der Waals surface area (Å²) in [5.41, 5.74) is 7.04. The first-order valence-electron chi connectivity index (χ1n) is 8.85. The summed E-state index contributed by atoms with van der Waals surface area (Å²) in [4.78, 5) is 45.4. The van der Waals surface area contributed by atoms with Crippen LogP contribution >= 0.6 is 0 Å². The number of benzene rings is 2. The highest BCUT2D eigenvalue weighted by atomic mass is 16.3. The molecule has 3 amide bonds. The summed E-state index contributed by atoms with van der Waals surface area (Å²) in [6.45, 7) is 7.01. The van der Waals surface area contributed by atoms with Crippen molar-refractivity contribution in [3.8, 4) is 5.75 Å². The van der Waals surface area contributed by atoms with Gasteiger partial charge in [-0.05, 0) is 35.4 Å². The van der Waals surface area contributed by atoms with E-state index in [2.05, 4.69) is 9.83 Å². The van der Waals surface area contributed by atoms with Crippen molar-refractivity contribution in [2.24, 2.45) is 5.73 Å². The van der Waals surface area contributed by atoms with Gasteiger partial charge in [0.2, 0.25) is 11.6 Å². The molecule has 0 aliphatic carbocycles. The predicted octanol–water partition coefficient (Wildman–Crippen LogP) is 2.48. The van der Waals surface area contributed by atoms with E-state index in [-0.39, 0.29) is 23.5 Å². The fourth-order valence-corrected chi connectivity index (χ4v) is 3.35. The Bertz CT molecular complexity index is 1280. The fourth-order valence-electron chi connectivity index (χ4n) is 3.35. The van der Waals surface area contributed by atoms with Gasteiger partial charge in [-0.2, -0.15) is 0 Å². The van der Waals surface area contributed by atoms with E-state index in [0.717, 1.165) is 4.90 Å². The van der Waals surface area contributed by atoms with Gasteiger partial charge in [-0.15, -0.1) is 0 Å². The van der Waals surface area contributed by atoms with Crippen molar-refractivity contribution in [2.75, 3.05) is 0 Å². The molecule has 0 saturated carbocycles. The molecule has 0 atom stereocenters. The van der Waals surface area contributed by atoms with Gasteiger partial charge in [-0.1, -0.05) is 24.3 Å². The summed E-state index contributed by atoms with van der Waals surface area (Å²) in [6.07, 6.45) is 2.79. The lowest BCUT2D eigenvalue weighted by Gasteiger charge is -2.27. The Morgan fingerprint density at radius 1 is 1.10 bits per heavy atom. The number of hydrogen-bond acceptors (Lipinski definition) is 5. The van der Waals surface area contributed by atoms with E-state index in [9.17, 15) is 19.5 Å². The minimum Gasteiger partial charge on any atom is -0.506 e. The second kappa shape index (κ2) is 7.14. The van der Waals surface area contributed by atoms with Crippen LogP contribution < -0.4 is 5.73 Å². The summed E-state index contributed by atoms with van der Waals surface area (Å²) >= 11 is 0. The number of aromatic hydroxyl groups is 1. The van der Waals surface area contributed by atoms with Crippen LogP contribution in [0.15, 0.2) is 54.4 Å². The predicted molar refractivity (Wildman–Crippen MR) is 108 cm³/mol. The van der Waals surface area contributed by atoms with Crippen LogP contribution in [-0.2, 0) is 11.3 Å². The Morgan fingerprint density at radius 2 is 1.77 bits per heavy atom. The number of nitrogens with two attached hydrogens (primary N) is 1. The number of hydrogen-bond donors (Lipinski definition) is 2.